The molecule has 1 aromatic rings. The molecule has 1 aliphatic rings. The lowest BCUT2D eigenvalue weighted by Gasteiger charge is -2.20. The zero-order valence-electron chi connectivity index (χ0n) is 12.5. The van der Waals surface area contributed by atoms with Crippen LogP contribution in [0, 0.1) is 11.8 Å². The fraction of sp³-hybridized carbons (Fsp3) is 0.769. The van der Waals surface area contributed by atoms with Gasteiger partial charge in [0.15, 0.2) is 5.82 Å². The van der Waals surface area contributed by atoms with E-state index in [9.17, 15) is 18.0 Å². The van der Waals surface area contributed by atoms with E-state index in [0.29, 0.717) is 24.6 Å². The van der Waals surface area contributed by atoms with E-state index in [1.807, 2.05) is 6.92 Å². The molecule has 0 saturated carbocycles. The van der Waals surface area contributed by atoms with Crippen molar-refractivity contribution in [3.63, 3.8) is 0 Å². The third-order valence-electron chi connectivity index (χ3n) is 3.72. The van der Waals surface area contributed by atoms with Gasteiger partial charge in [0.1, 0.15) is 0 Å². The first kappa shape index (κ1) is 16.7. The number of likely N-dealkylation sites (tertiary alicyclic amines) is 1. The van der Waals surface area contributed by atoms with Gasteiger partial charge in [-0.3, -0.25) is 4.79 Å². The van der Waals surface area contributed by atoms with Gasteiger partial charge in [-0.15, -0.1) is 0 Å². The van der Waals surface area contributed by atoms with Crippen LogP contribution < -0.4 is 5.32 Å². The Hall–Kier alpha value is -1.64. The van der Waals surface area contributed by atoms with Crippen molar-refractivity contribution < 1.29 is 22.5 Å². The monoisotopic (exact) mass is 320 g/mol. The second kappa shape index (κ2) is 6.64. The van der Waals surface area contributed by atoms with Crippen LogP contribution in [-0.4, -0.2) is 53.8 Å². The van der Waals surface area contributed by atoms with Crippen molar-refractivity contribution >= 4 is 5.91 Å². The molecule has 9 heteroatoms. The van der Waals surface area contributed by atoms with Crippen molar-refractivity contribution in [2.24, 2.45) is 11.8 Å². The lowest BCUT2D eigenvalue weighted by Crippen LogP contribution is -2.40. The van der Waals surface area contributed by atoms with Crippen LogP contribution in [0.25, 0.3) is 0 Å². The summed E-state index contributed by atoms with van der Waals surface area (Å²) in [4.78, 5) is 17.6. The number of nitrogens with zero attached hydrogens (tertiary/aromatic N) is 3. The number of carbonyl (C=O) groups excluding carboxylic acids is 1. The van der Waals surface area contributed by atoms with Gasteiger partial charge >= 0.3 is 6.18 Å². The number of nitrogens with one attached hydrogen (secondary N) is 1. The average molecular weight is 320 g/mol. The Morgan fingerprint density at radius 3 is 2.77 bits per heavy atom. The molecule has 2 heterocycles. The molecule has 1 aromatic heterocycles. The number of alkyl halides is 3. The first-order valence-corrected chi connectivity index (χ1v) is 7.15. The first-order valence-electron chi connectivity index (χ1n) is 7.15. The number of hydrogen-bond acceptors (Lipinski definition) is 5. The van der Waals surface area contributed by atoms with E-state index in [4.69, 9.17) is 4.52 Å². The number of aryl methyl sites for hydroxylation is 1. The molecule has 2 atom stereocenters. The van der Waals surface area contributed by atoms with Crippen molar-refractivity contribution in [2.75, 3.05) is 26.7 Å². The summed E-state index contributed by atoms with van der Waals surface area (Å²) < 4.78 is 43.7. The van der Waals surface area contributed by atoms with Gasteiger partial charge in [0.25, 0.3) is 0 Å². The Morgan fingerprint density at radius 1 is 1.45 bits per heavy atom. The highest BCUT2D eigenvalue weighted by Gasteiger charge is 2.51. The number of amides is 1. The summed E-state index contributed by atoms with van der Waals surface area (Å²) in [5.41, 5.74) is 0. The van der Waals surface area contributed by atoms with Gasteiger partial charge in [-0.2, -0.15) is 18.2 Å². The van der Waals surface area contributed by atoms with E-state index < -0.39 is 23.9 Å². The minimum absolute atomic E-state index is 0.109. The van der Waals surface area contributed by atoms with Crippen molar-refractivity contribution in [1.82, 2.24) is 20.4 Å². The molecule has 0 aromatic carbocycles. The van der Waals surface area contributed by atoms with Crippen LogP contribution >= 0.6 is 0 Å². The van der Waals surface area contributed by atoms with Gasteiger partial charge in [-0.1, -0.05) is 12.1 Å². The van der Waals surface area contributed by atoms with Crippen LogP contribution in [0.1, 0.15) is 18.6 Å². The molecule has 0 spiro atoms. The fourth-order valence-electron chi connectivity index (χ4n) is 2.56. The molecule has 0 bridgehead atoms. The molecule has 0 unspecified atom stereocenters. The molecule has 6 nitrogen and oxygen atoms in total. The van der Waals surface area contributed by atoms with Crippen molar-refractivity contribution in [2.45, 2.75) is 25.9 Å². The zero-order chi connectivity index (χ0) is 16.3. The number of halogens is 3. The normalized spacial score (nSPS) is 23.0. The van der Waals surface area contributed by atoms with E-state index >= 15 is 0 Å². The maximum absolute atomic E-state index is 12.9. The molecular weight excluding hydrogens is 301 g/mol. The molecule has 1 N–H and O–H groups in total. The maximum Gasteiger partial charge on any atom is 0.393 e. The highest BCUT2D eigenvalue weighted by Crippen LogP contribution is 2.37. The summed E-state index contributed by atoms with van der Waals surface area (Å²) >= 11 is 0. The highest BCUT2D eigenvalue weighted by molar-refractivity contribution is 5.79. The van der Waals surface area contributed by atoms with Gasteiger partial charge in [-0.25, -0.2) is 0 Å². The lowest BCUT2D eigenvalue weighted by atomic mass is 9.94. The largest absolute Gasteiger partial charge is 0.393 e. The summed E-state index contributed by atoms with van der Waals surface area (Å²) in [6.45, 7) is 2.02. The van der Waals surface area contributed by atoms with Gasteiger partial charge < -0.3 is 14.7 Å². The van der Waals surface area contributed by atoms with Gasteiger partial charge in [0, 0.05) is 32.5 Å². The number of carbonyl (C=O) groups is 1. The Morgan fingerprint density at radius 2 is 2.18 bits per heavy atom. The summed E-state index contributed by atoms with van der Waals surface area (Å²) in [7, 11) is 1.58. The van der Waals surface area contributed by atoms with Gasteiger partial charge in [0.05, 0.1) is 11.8 Å². The quantitative estimate of drug-likeness (QED) is 0.877. The van der Waals surface area contributed by atoms with Crippen LogP contribution in [0.2, 0.25) is 0 Å². The Bertz CT molecular complexity index is 518. The van der Waals surface area contributed by atoms with Crippen LogP contribution in [0.5, 0.6) is 0 Å². The van der Waals surface area contributed by atoms with Crippen LogP contribution in [0.4, 0.5) is 13.2 Å². The Balaban J connectivity index is 1.86. The Labute approximate surface area is 126 Å². The van der Waals surface area contributed by atoms with Crippen LogP contribution in [-0.2, 0) is 17.6 Å². The van der Waals surface area contributed by atoms with Crippen molar-refractivity contribution in [1.29, 1.82) is 0 Å². The molecule has 1 amide bonds. The summed E-state index contributed by atoms with van der Waals surface area (Å²) in [6, 6.07) is 0. The van der Waals surface area contributed by atoms with Gasteiger partial charge in [0.2, 0.25) is 11.8 Å². The minimum Gasteiger partial charge on any atom is -0.355 e. The predicted molar refractivity (Wildman–Crippen MR) is 70.9 cm³/mol. The Kier molecular flexibility index (Phi) is 5.05. The van der Waals surface area contributed by atoms with Crippen molar-refractivity contribution in [3.05, 3.63) is 11.7 Å². The van der Waals surface area contributed by atoms with Crippen molar-refractivity contribution in [3.8, 4) is 0 Å². The predicted octanol–water partition coefficient (Wildman–Crippen LogP) is 1.03. The second-order valence-corrected chi connectivity index (χ2v) is 5.47. The number of rotatable bonds is 5. The molecule has 2 rings (SSSR count). The van der Waals surface area contributed by atoms with E-state index in [1.54, 1.807) is 7.05 Å². The van der Waals surface area contributed by atoms with Gasteiger partial charge in [-0.05, 0) is 7.05 Å². The van der Waals surface area contributed by atoms with Crippen LogP contribution in [0.15, 0.2) is 4.52 Å². The fourth-order valence-corrected chi connectivity index (χ4v) is 2.56. The second-order valence-electron chi connectivity index (χ2n) is 5.47. The van der Waals surface area contributed by atoms with E-state index in [0.717, 1.165) is 0 Å². The summed E-state index contributed by atoms with van der Waals surface area (Å²) in [6.07, 6.45) is -3.42. The maximum atomic E-state index is 12.9. The number of hydrogen-bond donors (Lipinski definition) is 1. The molecule has 0 radical (unpaired) electrons. The molecule has 124 valence electrons. The van der Waals surface area contributed by atoms with E-state index in [2.05, 4.69) is 15.5 Å². The minimum atomic E-state index is -4.36. The number of aromatic nitrogens is 2. The lowest BCUT2D eigenvalue weighted by molar-refractivity contribution is -0.183. The third-order valence-corrected chi connectivity index (χ3v) is 3.72. The third kappa shape index (κ3) is 3.96. The molecular formula is C13H19F3N4O2. The topological polar surface area (TPSA) is 71.3 Å². The first-order chi connectivity index (χ1) is 10.3. The summed E-state index contributed by atoms with van der Waals surface area (Å²) in [5.74, 6) is -2.33. The smallest absolute Gasteiger partial charge is 0.355 e. The van der Waals surface area contributed by atoms with Crippen LogP contribution in [0.3, 0.4) is 0 Å². The standard InChI is InChI=1S/C13H19F3N4O2/c1-3-11-18-10(19-22-11)4-5-17-12(21)8-6-20(2)7-9(8)13(14,15)16/h8-9H,3-7H2,1-2H3,(H,17,21)/t8-,9-/m1/s1. The zero-order valence-corrected chi connectivity index (χ0v) is 12.5. The summed E-state index contributed by atoms with van der Waals surface area (Å²) in [5, 5.41) is 6.26. The highest BCUT2D eigenvalue weighted by atomic mass is 19.4. The molecule has 1 aliphatic heterocycles. The SMILES string of the molecule is CCc1nc(CCNC(=O)[C@@H]2CN(C)C[C@H]2C(F)(F)F)no1. The van der Waals surface area contributed by atoms with E-state index in [1.165, 1.54) is 4.90 Å². The average Bonchev–Trinajstić information content (AvgIpc) is 3.04. The molecule has 1 fully saturated rings. The van der Waals surface area contributed by atoms with E-state index in [-0.39, 0.29) is 19.6 Å². The molecule has 22 heavy (non-hydrogen) atoms. The molecule has 1 saturated heterocycles. The molecule has 0 aliphatic carbocycles.